The largest absolute Gasteiger partial charge is 0.360 e. The number of hydrogen-bond donors (Lipinski definition) is 2. The van der Waals surface area contributed by atoms with Crippen LogP contribution in [0, 0.1) is 20.8 Å². The number of aryl methyl sites for hydroxylation is 2. The molecule has 2 aromatic carbocycles. The summed E-state index contributed by atoms with van der Waals surface area (Å²) in [4.78, 5) is 31.5. The van der Waals surface area contributed by atoms with Gasteiger partial charge in [0.2, 0.25) is 0 Å². The Morgan fingerprint density at radius 2 is 1.83 bits per heavy atom. The van der Waals surface area contributed by atoms with E-state index in [9.17, 15) is 9.59 Å². The van der Waals surface area contributed by atoms with E-state index in [1.165, 1.54) is 18.7 Å². The summed E-state index contributed by atoms with van der Waals surface area (Å²) in [5.41, 5.74) is 6.47. The molecular weight excluding hydrogens is 458 g/mol. The number of aromatic nitrogens is 5. The van der Waals surface area contributed by atoms with Gasteiger partial charge < -0.3 is 9.97 Å². The highest BCUT2D eigenvalue weighted by Crippen LogP contribution is 2.33. The first-order chi connectivity index (χ1) is 16.8. The van der Waals surface area contributed by atoms with E-state index in [-0.39, 0.29) is 17.3 Å². The zero-order chi connectivity index (χ0) is 24.7. The number of nitrogens with one attached hydrogen (secondary N) is 2. The van der Waals surface area contributed by atoms with Crippen molar-refractivity contribution in [3.05, 3.63) is 82.8 Å². The van der Waals surface area contributed by atoms with E-state index in [4.69, 9.17) is 0 Å². The summed E-state index contributed by atoms with van der Waals surface area (Å²) >= 11 is 1.33. The summed E-state index contributed by atoms with van der Waals surface area (Å²) < 4.78 is 1.99. The van der Waals surface area contributed by atoms with Gasteiger partial charge in [0.05, 0.1) is 11.4 Å². The van der Waals surface area contributed by atoms with Gasteiger partial charge in [0.15, 0.2) is 22.5 Å². The van der Waals surface area contributed by atoms with Gasteiger partial charge in [0, 0.05) is 39.6 Å². The van der Waals surface area contributed by atoms with Crippen LogP contribution in [0.2, 0.25) is 0 Å². The molecule has 7 nitrogen and oxygen atoms in total. The summed E-state index contributed by atoms with van der Waals surface area (Å²) in [6.45, 7) is 7.18. The summed E-state index contributed by atoms with van der Waals surface area (Å²) in [6.07, 6.45) is 1.94. The van der Waals surface area contributed by atoms with E-state index in [0.717, 1.165) is 27.7 Å². The molecule has 0 radical (unpaired) electrons. The minimum absolute atomic E-state index is 0.0504. The van der Waals surface area contributed by atoms with Crippen molar-refractivity contribution in [2.45, 2.75) is 32.9 Å². The van der Waals surface area contributed by atoms with Crippen molar-refractivity contribution < 1.29 is 9.59 Å². The molecule has 35 heavy (non-hydrogen) atoms. The van der Waals surface area contributed by atoms with Crippen LogP contribution in [-0.2, 0) is 0 Å². The molecule has 5 rings (SSSR count). The van der Waals surface area contributed by atoms with Crippen molar-refractivity contribution in [2.75, 3.05) is 5.75 Å². The lowest BCUT2D eigenvalue weighted by Crippen LogP contribution is -2.07. The average molecular weight is 484 g/mol. The second-order valence-corrected chi connectivity index (χ2v) is 9.56. The molecule has 0 unspecified atom stereocenters. The Morgan fingerprint density at radius 1 is 1.03 bits per heavy atom. The highest BCUT2D eigenvalue weighted by atomic mass is 32.2. The molecule has 0 aliphatic heterocycles. The Kier molecular flexibility index (Phi) is 5.90. The smallest absolute Gasteiger partial charge is 0.196 e. The third-order valence-corrected chi connectivity index (χ3v) is 7.05. The molecule has 0 aliphatic rings. The molecule has 0 atom stereocenters. The number of aromatic amines is 2. The highest BCUT2D eigenvalue weighted by Gasteiger charge is 2.23. The van der Waals surface area contributed by atoms with Crippen LogP contribution in [0.5, 0.6) is 0 Å². The van der Waals surface area contributed by atoms with Crippen LogP contribution < -0.4 is 0 Å². The predicted octanol–water partition coefficient (Wildman–Crippen LogP) is 5.85. The maximum Gasteiger partial charge on any atom is 0.196 e. The summed E-state index contributed by atoms with van der Waals surface area (Å²) in [5, 5.41) is 10.7. The number of carbonyl (C=O) groups is 2. The summed E-state index contributed by atoms with van der Waals surface area (Å²) in [6, 6.07) is 16.2. The van der Waals surface area contributed by atoms with Crippen molar-refractivity contribution in [2.24, 2.45) is 0 Å². The van der Waals surface area contributed by atoms with E-state index >= 15 is 0 Å². The van der Waals surface area contributed by atoms with Gasteiger partial charge in [-0.2, -0.15) is 0 Å². The Morgan fingerprint density at radius 3 is 2.57 bits per heavy atom. The van der Waals surface area contributed by atoms with Gasteiger partial charge in [0.25, 0.3) is 0 Å². The molecule has 0 fully saturated rings. The van der Waals surface area contributed by atoms with Gasteiger partial charge in [-0.25, -0.2) is 0 Å². The molecule has 3 heterocycles. The molecular formula is C27H25N5O2S. The van der Waals surface area contributed by atoms with Gasteiger partial charge in [-0.1, -0.05) is 42.1 Å². The quantitative estimate of drug-likeness (QED) is 0.224. The number of nitrogens with zero attached hydrogens (tertiary/aromatic N) is 3. The van der Waals surface area contributed by atoms with E-state index in [1.807, 2.05) is 67.9 Å². The zero-order valence-corrected chi connectivity index (χ0v) is 20.8. The summed E-state index contributed by atoms with van der Waals surface area (Å²) in [5.74, 6) is 0.727. The molecule has 0 amide bonds. The molecule has 8 heteroatoms. The fourth-order valence-electron chi connectivity index (χ4n) is 4.55. The van der Waals surface area contributed by atoms with Crippen LogP contribution in [0.1, 0.15) is 44.6 Å². The lowest BCUT2D eigenvalue weighted by atomic mass is 10.1. The number of fused-ring (bicyclic) bond motifs is 1. The molecule has 0 bridgehead atoms. The predicted molar refractivity (Wildman–Crippen MR) is 139 cm³/mol. The van der Waals surface area contributed by atoms with Crippen molar-refractivity contribution >= 4 is 34.2 Å². The minimum Gasteiger partial charge on any atom is -0.360 e. The van der Waals surface area contributed by atoms with E-state index < -0.39 is 0 Å². The van der Waals surface area contributed by atoms with Crippen LogP contribution in [0.15, 0.2) is 59.9 Å². The highest BCUT2D eigenvalue weighted by molar-refractivity contribution is 7.99. The van der Waals surface area contributed by atoms with Gasteiger partial charge >= 0.3 is 0 Å². The van der Waals surface area contributed by atoms with Crippen LogP contribution in [0.3, 0.4) is 0 Å². The number of ketones is 2. The van der Waals surface area contributed by atoms with Gasteiger partial charge in [0.1, 0.15) is 0 Å². The molecule has 5 aromatic rings. The molecule has 0 saturated heterocycles. The maximum absolute atomic E-state index is 13.1. The fourth-order valence-corrected chi connectivity index (χ4v) is 5.38. The first-order valence-corrected chi connectivity index (χ1v) is 12.3. The number of hydrogen-bond acceptors (Lipinski definition) is 5. The van der Waals surface area contributed by atoms with Gasteiger partial charge in [-0.05, 0) is 57.0 Å². The van der Waals surface area contributed by atoms with Crippen LogP contribution in [-0.4, -0.2) is 42.1 Å². The van der Waals surface area contributed by atoms with Crippen molar-refractivity contribution in [3.8, 4) is 17.1 Å². The normalized spacial score (nSPS) is 11.3. The molecule has 0 aliphatic carbocycles. The van der Waals surface area contributed by atoms with Gasteiger partial charge in [-0.3, -0.25) is 14.2 Å². The number of H-pyrrole nitrogens is 2. The number of thioether (sulfide) groups is 1. The summed E-state index contributed by atoms with van der Waals surface area (Å²) in [7, 11) is 0. The Balaban J connectivity index is 1.53. The van der Waals surface area contributed by atoms with Crippen molar-refractivity contribution in [1.82, 2.24) is 24.7 Å². The first-order valence-electron chi connectivity index (χ1n) is 11.3. The van der Waals surface area contributed by atoms with Crippen LogP contribution in [0.4, 0.5) is 0 Å². The first kappa shape index (κ1) is 22.9. The molecule has 2 N–H and O–H groups in total. The number of Topliss-reactive ketones (excluding diaryl/α,β-unsaturated/α-hetero) is 2. The van der Waals surface area contributed by atoms with Crippen molar-refractivity contribution in [3.63, 3.8) is 0 Å². The maximum atomic E-state index is 13.1. The van der Waals surface area contributed by atoms with Crippen molar-refractivity contribution in [1.29, 1.82) is 0 Å². The fraction of sp³-hybridized carbons (Fsp3) is 0.185. The topological polar surface area (TPSA) is 96.4 Å². The van der Waals surface area contributed by atoms with E-state index in [0.29, 0.717) is 33.5 Å². The molecule has 176 valence electrons. The Labute approximate surface area is 207 Å². The minimum atomic E-state index is -0.0875. The average Bonchev–Trinajstić information content (AvgIpc) is 3.52. The molecule has 3 aromatic heterocycles. The second-order valence-electron chi connectivity index (χ2n) is 8.62. The molecule has 0 spiro atoms. The molecule has 0 saturated carbocycles. The number of carbonyl (C=O) groups excluding carboxylic acids is 2. The number of rotatable bonds is 7. The Bertz CT molecular complexity index is 1590. The Hall–Kier alpha value is -3.91. The van der Waals surface area contributed by atoms with Gasteiger partial charge in [-0.15, -0.1) is 10.2 Å². The lowest BCUT2D eigenvalue weighted by Gasteiger charge is -2.11. The monoisotopic (exact) mass is 483 g/mol. The SMILES string of the molecule is CC(=O)c1c(C)[nH]c(C(=O)CSc2nnc(-c3c[nH]c4ccccc34)n2-c2cccc(C)c2)c1C. The van der Waals surface area contributed by atoms with Crippen LogP contribution in [0.25, 0.3) is 28.0 Å². The zero-order valence-electron chi connectivity index (χ0n) is 20.0. The third-order valence-electron chi connectivity index (χ3n) is 6.12. The number of benzene rings is 2. The third kappa shape index (κ3) is 4.10. The standard InChI is InChI=1S/C27H25N5O2S/c1-15-8-7-9-19(12-15)32-26(21-13-28-22-11-6-5-10-20(21)22)30-31-27(32)35-14-23(34)25-16(2)24(18(4)33)17(3)29-25/h5-13,28-29H,14H2,1-4H3. The second kappa shape index (κ2) is 9.03. The lowest BCUT2D eigenvalue weighted by molar-refractivity contribution is 0.101. The number of para-hydroxylation sites is 1. The van der Waals surface area contributed by atoms with E-state index in [1.54, 1.807) is 0 Å². The van der Waals surface area contributed by atoms with E-state index in [2.05, 4.69) is 32.3 Å². The van der Waals surface area contributed by atoms with Crippen LogP contribution >= 0.6 is 11.8 Å².